The normalized spacial score (nSPS) is 11.9. The van der Waals surface area contributed by atoms with Crippen LogP contribution in [0, 0.1) is 0 Å². The van der Waals surface area contributed by atoms with Crippen LogP contribution in [0.1, 0.15) is 0 Å². The summed E-state index contributed by atoms with van der Waals surface area (Å²) in [4.78, 5) is 0. The number of hydrogen-bond donors (Lipinski definition) is 0. The summed E-state index contributed by atoms with van der Waals surface area (Å²) in [5, 5.41) is 10.6. The van der Waals surface area contributed by atoms with Crippen LogP contribution in [0.2, 0.25) is 0 Å². The Bertz CT molecular complexity index is 3100. The van der Waals surface area contributed by atoms with Gasteiger partial charge < -0.3 is 9.13 Å². The molecule has 0 spiro atoms. The molecule has 0 aliphatic carbocycles. The monoisotopic (exact) mass is 742 g/mol. The zero-order valence-electron chi connectivity index (χ0n) is 31.3. The van der Waals surface area contributed by atoms with Crippen LogP contribution in [0.15, 0.2) is 231 Å². The van der Waals surface area contributed by atoms with Crippen LogP contribution in [0.3, 0.4) is 0 Å². The lowest BCUT2D eigenvalue weighted by Gasteiger charge is -2.34. The van der Waals surface area contributed by atoms with E-state index in [4.69, 9.17) is 0 Å². The van der Waals surface area contributed by atoms with Crippen LogP contribution in [0.25, 0.3) is 66.1 Å². The van der Waals surface area contributed by atoms with Gasteiger partial charge in [0.25, 0.3) is 0 Å². The minimum absolute atomic E-state index is 1.15. The quantitative estimate of drug-likeness (QED) is 0.114. The summed E-state index contributed by atoms with van der Waals surface area (Å²) >= 11 is 0. The molecule has 3 heteroatoms. The Kier molecular flexibility index (Phi) is 7.87. The molecule has 9 aromatic carbocycles. The number of hydrogen-bond acceptors (Lipinski definition) is 0. The molecule has 0 radical (unpaired) electrons. The zero-order chi connectivity index (χ0) is 37.8. The molecule has 2 nitrogen and oxygen atoms in total. The van der Waals surface area contributed by atoms with Crippen LogP contribution < -0.4 is 20.7 Å². The largest absolute Gasteiger partial charge is 0.309 e. The lowest BCUT2D eigenvalue weighted by atomic mass is 10.0. The Morgan fingerprint density at radius 2 is 0.667 bits per heavy atom. The standard InChI is InChI=1S/C54H38N2Si/c1-5-19-41(20-6-1)55-49-30-15-13-28-47(49)53-51(55)36-37-52-54(53)48-29-14-16-31-50(48)56(52)42-21-17-18-40(38-42)39-32-34-46(35-33-39)57(43-22-7-2-8-23-43,44-24-9-3-10-25-44)45-26-11-4-12-27-45/h1-38H. The summed E-state index contributed by atoms with van der Waals surface area (Å²) in [7, 11) is -2.61. The summed E-state index contributed by atoms with van der Waals surface area (Å²) in [5.41, 5.74) is 9.55. The van der Waals surface area contributed by atoms with Crippen LogP contribution in [0.4, 0.5) is 0 Å². The van der Waals surface area contributed by atoms with Gasteiger partial charge in [0.1, 0.15) is 0 Å². The molecule has 2 heterocycles. The lowest BCUT2D eigenvalue weighted by Crippen LogP contribution is -2.74. The Labute approximate surface area is 333 Å². The van der Waals surface area contributed by atoms with Crippen LogP contribution in [-0.2, 0) is 0 Å². The lowest BCUT2D eigenvalue weighted by molar-refractivity contribution is 1.17. The van der Waals surface area contributed by atoms with Gasteiger partial charge in [-0.2, -0.15) is 0 Å². The second kappa shape index (κ2) is 13.5. The van der Waals surface area contributed by atoms with E-state index in [9.17, 15) is 0 Å². The summed E-state index contributed by atoms with van der Waals surface area (Å²) in [6, 6.07) is 85.0. The molecule has 2 aromatic heterocycles. The van der Waals surface area contributed by atoms with Crippen molar-refractivity contribution in [3.8, 4) is 22.5 Å². The number of benzene rings is 9. The summed E-state index contributed by atoms with van der Waals surface area (Å²) < 4.78 is 4.86. The molecular weight excluding hydrogens is 705 g/mol. The number of aromatic nitrogens is 2. The molecule has 11 rings (SSSR count). The van der Waals surface area contributed by atoms with Gasteiger partial charge in [-0.25, -0.2) is 0 Å². The van der Waals surface area contributed by atoms with Crippen molar-refractivity contribution in [3.05, 3.63) is 231 Å². The topological polar surface area (TPSA) is 9.86 Å². The first-order chi connectivity index (χ1) is 28.3. The second-order valence-corrected chi connectivity index (χ2v) is 18.7. The van der Waals surface area contributed by atoms with Crippen molar-refractivity contribution in [2.75, 3.05) is 0 Å². The van der Waals surface area contributed by atoms with Crippen LogP contribution in [-0.4, -0.2) is 17.2 Å². The Morgan fingerprint density at radius 1 is 0.263 bits per heavy atom. The van der Waals surface area contributed by atoms with E-state index in [1.165, 1.54) is 81.2 Å². The average molecular weight is 743 g/mol. The predicted molar refractivity (Wildman–Crippen MR) is 244 cm³/mol. The summed E-state index contributed by atoms with van der Waals surface area (Å²) in [6.07, 6.45) is 0. The van der Waals surface area contributed by atoms with E-state index >= 15 is 0 Å². The molecule has 0 saturated heterocycles. The highest BCUT2D eigenvalue weighted by molar-refractivity contribution is 7.19. The van der Waals surface area contributed by atoms with Crippen molar-refractivity contribution < 1.29 is 0 Å². The van der Waals surface area contributed by atoms with Gasteiger partial charge in [0.15, 0.2) is 8.07 Å². The Balaban J connectivity index is 1.08. The van der Waals surface area contributed by atoms with Gasteiger partial charge in [0, 0.05) is 32.9 Å². The van der Waals surface area contributed by atoms with Gasteiger partial charge in [-0.05, 0) is 80.4 Å². The van der Waals surface area contributed by atoms with E-state index in [-0.39, 0.29) is 0 Å². The maximum atomic E-state index is 2.45. The number of para-hydroxylation sites is 3. The molecular formula is C54H38N2Si. The van der Waals surface area contributed by atoms with Gasteiger partial charge in [-0.15, -0.1) is 0 Å². The SMILES string of the molecule is c1ccc(-n2c3ccccc3c3c4c5ccccc5n(-c5cccc(-c6ccc([Si](c7ccccc7)(c7ccccc7)c7ccccc7)cc6)c5)c4ccc32)cc1. The van der Waals surface area contributed by atoms with Crippen molar-refractivity contribution in [2.24, 2.45) is 0 Å². The van der Waals surface area contributed by atoms with E-state index in [1.807, 2.05) is 0 Å². The smallest absolute Gasteiger partial charge is 0.179 e. The molecule has 0 fully saturated rings. The average Bonchev–Trinajstić information content (AvgIpc) is 3.81. The van der Waals surface area contributed by atoms with Crippen LogP contribution in [0.5, 0.6) is 0 Å². The maximum absolute atomic E-state index is 2.61. The fourth-order valence-electron chi connectivity index (χ4n) is 9.45. The number of rotatable bonds is 7. The minimum Gasteiger partial charge on any atom is -0.309 e. The van der Waals surface area contributed by atoms with Gasteiger partial charge in [0.05, 0.1) is 22.1 Å². The van der Waals surface area contributed by atoms with E-state index in [0.717, 1.165) is 5.69 Å². The van der Waals surface area contributed by atoms with E-state index < -0.39 is 8.07 Å². The summed E-state index contributed by atoms with van der Waals surface area (Å²) in [5.74, 6) is 0. The predicted octanol–water partition coefficient (Wildman–Crippen LogP) is 10.9. The molecule has 0 N–H and O–H groups in total. The molecule has 0 aliphatic heterocycles. The summed E-state index contributed by atoms with van der Waals surface area (Å²) in [6.45, 7) is 0. The zero-order valence-corrected chi connectivity index (χ0v) is 32.3. The van der Waals surface area contributed by atoms with Crippen molar-refractivity contribution in [3.63, 3.8) is 0 Å². The fourth-order valence-corrected chi connectivity index (χ4v) is 14.2. The van der Waals surface area contributed by atoms with Gasteiger partial charge in [0.2, 0.25) is 0 Å². The van der Waals surface area contributed by atoms with Gasteiger partial charge >= 0.3 is 0 Å². The molecule has 0 saturated carbocycles. The van der Waals surface area contributed by atoms with Crippen molar-refractivity contribution in [1.29, 1.82) is 0 Å². The van der Waals surface area contributed by atoms with E-state index in [2.05, 4.69) is 240 Å². The highest BCUT2D eigenvalue weighted by Gasteiger charge is 2.41. The molecule has 0 amide bonds. The molecule has 0 bridgehead atoms. The van der Waals surface area contributed by atoms with Gasteiger partial charge in [-0.3, -0.25) is 0 Å². The Hall–Kier alpha value is -7.20. The first-order valence-corrected chi connectivity index (χ1v) is 21.7. The maximum Gasteiger partial charge on any atom is 0.179 e. The molecule has 0 atom stereocenters. The van der Waals surface area contributed by atoms with Crippen LogP contribution >= 0.6 is 0 Å². The highest BCUT2D eigenvalue weighted by atomic mass is 28.3. The molecule has 268 valence electrons. The highest BCUT2D eigenvalue weighted by Crippen LogP contribution is 2.42. The molecule has 0 aliphatic rings. The minimum atomic E-state index is -2.61. The van der Waals surface area contributed by atoms with Crippen molar-refractivity contribution in [1.82, 2.24) is 9.13 Å². The molecule has 0 unspecified atom stereocenters. The van der Waals surface area contributed by atoms with E-state index in [0.29, 0.717) is 0 Å². The third-order valence-corrected chi connectivity index (χ3v) is 16.7. The van der Waals surface area contributed by atoms with E-state index in [1.54, 1.807) is 0 Å². The van der Waals surface area contributed by atoms with Crippen molar-refractivity contribution in [2.45, 2.75) is 0 Å². The van der Waals surface area contributed by atoms with Gasteiger partial charge in [-0.1, -0.05) is 182 Å². The molecule has 57 heavy (non-hydrogen) atoms. The number of fused-ring (bicyclic) bond motifs is 7. The molecule has 11 aromatic rings. The fraction of sp³-hybridized carbons (Fsp3) is 0. The third-order valence-electron chi connectivity index (χ3n) is 11.9. The Morgan fingerprint density at radius 3 is 1.18 bits per heavy atom. The van der Waals surface area contributed by atoms with Crippen molar-refractivity contribution >= 4 is 72.4 Å². The number of nitrogens with zero attached hydrogens (tertiary/aromatic N) is 2. The second-order valence-electron chi connectivity index (χ2n) is 14.9. The first kappa shape index (κ1) is 33.2. The third kappa shape index (κ3) is 5.17. The first-order valence-electron chi connectivity index (χ1n) is 19.7.